The highest BCUT2D eigenvalue weighted by atomic mass is 16.2. The van der Waals surface area contributed by atoms with Gasteiger partial charge in [0.1, 0.15) is 0 Å². The summed E-state index contributed by atoms with van der Waals surface area (Å²) < 4.78 is 0. The van der Waals surface area contributed by atoms with Crippen molar-refractivity contribution in [2.24, 2.45) is 0 Å². The number of amides is 1. The smallest absolute Gasteiger partial charge is 0.238 e. The first-order valence-corrected chi connectivity index (χ1v) is 3.77. The van der Waals surface area contributed by atoms with Crippen molar-refractivity contribution in [3.05, 3.63) is 0 Å². The average Bonchev–Trinajstić information content (AvgIpc) is 1.94. The van der Waals surface area contributed by atoms with Crippen molar-refractivity contribution in [2.45, 2.75) is 0 Å². The first kappa shape index (κ1) is 8.49. The second kappa shape index (κ2) is 3.19. The quantitative estimate of drug-likeness (QED) is 0.500. The predicted molar refractivity (Wildman–Crippen MR) is 42.9 cm³/mol. The molecule has 1 rings (SSSR count). The number of carbonyl (C=O) groups is 1. The molecule has 1 saturated heterocycles. The molecule has 11 heavy (non-hydrogen) atoms. The van der Waals surface area contributed by atoms with Crippen molar-refractivity contribution >= 4 is 5.91 Å². The Morgan fingerprint density at radius 2 is 2.00 bits per heavy atom. The number of nitrogens with zero attached hydrogens (tertiary/aromatic N) is 3. The topological polar surface area (TPSA) is 26.8 Å². The van der Waals surface area contributed by atoms with Crippen LogP contribution in [0.1, 0.15) is 0 Å². The molecule has 1 aliphatic rings. The van der Waals surface area contributed by atoms with E-state index in [1.807, 2.05) is 31.2 Å². The van der Waals surface area contributed by atoms with Crippen molar-refractivity contribution < 1.29 is 4.79 Å². The van der Waals surface area contributed by atoms with Crippen LogP contribution in [-0.4, -0.2) is 61.6 Å². The fourth-order valence-corrected chi connectivity index (χ4v) is 1.09. The summed E-state index contributed by atoms with van der Waals surface area (Å²) >= 11 is 0. The highest BCUT2D eigenvalue weighted by Gasteiger charge is 2.21. The summed E-state index contributed by atoms with van der Waals surface area (Å²) in [5.41, 5.74) is 0. The summed E-state index contributed by atoms with van der Waals surface area (Å²) in [7, 11) is 5.76. The van der Waals surface area contributed by atoms with Crippen LogP contribution in [0.25, 0.3) is 0 Å². The van der Waals surface area contributed by atoms with Gasteiger partial charge in [0.15, 0.2) is 0 Å². The Kier molecular flexibility index (Phi) is 2.46. The van der Waals surface area contributed by atoms with Crippen molar-refractivity contribution in [2.75, 3.05) is 40.8 Å². The van der Waals surface area contributed by atoms with E-state index in [0.717, 1.165) is 13.1 Å². The SMILES string of the molecule is CN1CCN(N(C)C)CC1=O. The Hall–Kier alpha value is -0.610. The number of hydrazine groups is 1. The molecule has 0 bridgehead atoms. The molecular weight excluding hydrogens is 142 g/mol. The number of piperazine rings is 1. The largest absolute Gasteiger partial charge is 0.343 e. The maximum absolute atomic E-state index is 11.2. The molecular formula is C7H15N3O. The van der Waals surface area contributed by atoms with Gasteiger partial charge in [-0.25, -0.2) is 10.0 Å². The number of rotatable bonds is 1. The van der Waals surface area contributed by atoms with Crippen LogP contribution in [-0.2, 0) is 4.79 Å². The van der Waals surface area contributed by atoms with Crippen LogP contribution in [0.2, 0.25) is 0 Å². The Morgan fingerprint density at radius 3 is 2.45 bits per heavy atom. The second-order valence-electron chi connectivity index (χ2n) is 3.05. The fraction of sp³-hybridized carbons (Fsp3) is 0.857. The third kappa shape index (κ3) is 1.91. The van der Waals surface area contributed by atoms with Gasteiger partial charge in [0.25, 0.3) is 0 Å². The Morgan fingerprint density at radius 1 is 1.36 bits per heavy atom. The molecule has 0 spiro atoms. The summed E-state index contributed by atoms with van der Waals surface area (Å²) in [4.78, 5) is 12.9. The zero-order valence-corrected chi connectivity index (χ0v) is 7.37. The fourth-order valence-electron chi connectivity index (χ4n) is 1.09. The molecule has 1 fully saturated rings. The molecule has 64 valence electrons. The van der Waals surface area contributed by atoms with Gasteiger partial charge in [0.05, 0.1) is 6.54 Å². The normalized spacial score (nSPS) is 21.5. The van der Waals surface area contributed by atoms with Crippen LogP contribution < -0.4 is 0 Å². The Bertz CT molecular complexity index is 158. The minimum absolute atomic E-state index is 0.199. The van der Waals surface area contributed by atoms with Gasteiger partial charge < -0.3 is 4.90 Å². The molecule has 0 radical (unpaired) electrons. The van der Waals surface area contributed by atoms with Crippen molar-refractivity contribution in [1.82, 2.24) is 14.9 Å². The van der Waals surface area contributed by atoms with Crippen LogP contribution in [0.15, 0.2) is 0 Å². The zero-order valence-electron chi connectivity index (χ0n) is 7.37. The zero-order chi connectivity index (χ0) is 8.43. The lowest BCUT2D eigenvalue weighted by Crippen LogP contribution is -2.53. The first-order valence-electron chi connectivity index (χ1n) is 3.77. The Labute approximate surface area is 67.3 Å². The first-order chi connectivity index (χ1) is 5.11. The summed E-state index contributed by atoms with van der Waals surface area (Å²) in [6.45, 7) is 2.29. The molecule has 0 aromatic carbocycles. The molecule has 0 unspecified atom stereocenters. The summed E-state index contributed by atoms with van der Waals surface area (Å²) in [6, 6.07) is 0. The highest BCUT2D eigenvalue weighted by Crippen LogP contribution is 2.00. The number of likely N-dealkylation sites (N-methyl/N-ethyl adjacent to an activating group) is 1. The van der Waals surface area contributed by atoms with Gasteiger partial charge in [-0.15, -0.1) is 0 Å². The minimum Gasteiger partial charge on any atom is -0.343 e. The molecule has 0 aromatic heterocycles. The molecule has 1 aliphatic heterocycles. The standard InChI is InChI=1S/C7H15N3O/c1-8(2)10-5-4-9(3)7(11)6-10/h4-6H2,1-3H3. The third-order valence-corrected chi connectivity index (χ3v) is 2.00. The lowest BCUT2D eigenvalue weighted by molar-refractivity contribution is -0.141. The van der Waals surface area contributed by atoms with E-state index in [1.54, 1.807) is 4.90 Å². The van der Waals surface area contributed by atoms with Crippen LogP contribution in [0, 0.1) is 0 Å². The van der Waals surface area contributed by atoms with E-state index in [4.69, 9.17) is 0 Å². The van der Waals surface area contributed by atoms with E-state index in [-0.39, 0.29) is 5.91 Å². The molecule has 4 heteroatoms. The van der Waals surface area contributed by atoms with Crippen LogP contribution in [0.4, 0.5) is 0 Å². The van der Waals surface area contributed by atoms with Gasteiger partial charge >= 0.3 is 0 Å². The maximum atomic E-state index is 11.2. The van der Waals surface area contributed by atoms with Crippen LogP contribution in [0.3, 0.4) is 0 Å². The molecule has 0 N–H and O–H groups in total. The van der Waals surface area contributed by atoms with Crippen LogP contribution >= 0.6 is 0 Å². The van der Waals surface area contributed by atoms with Crippen molar-refractivity contribution in [3.63, 3.8) is 0 Å². The summed E-state index contributed by atoms with van der Waals surface area (Å²) in [6.07, 6.45) is 0. The van der Waals surface area contributed by atoms with Crippen LogP contribution in [0.5, 0.6) is 0 Å². The molecule has 1 heterocycles. The van der Waals surface area contributed by atoms with Gasteiger partial charge in [-0.05, 0) is 0 Å². The maximum Gasteiger partial charge on any atom is 0.238 e. The molecule has 0 atom stereocenters. The summed E-state index contributed by atoms with van der Waals surface area (Å²) in [5.74, 6) is 0.199. The van der Waals surface area contributed by atoms with Crippen molar-refractivity contribution in [1.29, 1.82) is 0 Å². The van der Waals surface area contributed by atoms with E-state index in [2.05, 4.69) is 0 Å². The van der Waals surface area contributed by atoms with Gasteiger partial charge in [-0.2, -0.15) is 0 Å². The molecule has 1 amide bonds. The van der Waals surface area contributed by atoms with E-state index < -0.39 is 0 Å². The van der Waals surface area contributed by atoms with Gasteiger partial charge in [-0.3, -0.25) is 4.79 Å². The van der Waals surface area contributed by atoms with E-state index >= 15 is 0 Å². The van der Waals surface area contributed by atoms with E-state index in [9.17, 15) is 4.79 Å². The summed E-state index contributed by atoms with van der Waals surface area (Å²) in [5, 5.41) is 3.99. The van der Waals surface area contributed by atoms with Crippen molar-refractivity contribution in [3.8, 4) is 0 Å². The lowest BCUT2D eigenvalue weighted by atomic mass is 10.4. The lowest BCUT2D eigenvalue weighted by Gasteiger charge is -2.35. The molecule has 4 nitrogen and oxygen atoms in total. The van der Waals surface area contributed by atoms with Gasteiger partial charge in [0.2, 0.25) is 5.91 Å². The average molecular weight is 157 g/mol. The second-order valence-corrected chi connectivity index (χ2v) is 3.05. The van der Waals surface area contributed by atoms with E-state index in [1.165, 1.54) is 0 Å². The Balaban J connectivity index is 2.46. The molecule has 0 aromatic rings. The van der Waals surface area contributed by atoms with Gasteiger partial charge in [-0.1, -0.05) is 0 Å². The predicted octanol–water partition coefficient (Wildman–Crippen LogP) is -0.763. The number of hydrogen-bond donors (Lipinski definition) is 0. The van der Waals surface area contributed by atoms with Gasteiger partial charge in [0, 0.05) is 34.2 Å². The third-order valence-electron chi connectivity index (χ3n) is 2.00. The van der Waals surface area contributed by atoms with E-state index in [0.29, 0.717) is 6.54 Å². The highest BCUT2D eigenvalue weighted by molar-refractivity contribution is 5.78. The number of carbonyl (C=O) groups excluding carboxylic acids is 1. The minimum atomic E-state index is 0.199. The monoisotopic (exact) mass is 157 g/mol. The number of hydrogen-bond acceptors (Lipinski definition) is 3. The molecule has 0 saturated carbocycles. The molecule has 0 aliphatic carbocycles.